The second-order valence-electron chi connectivity index (χ2n) is 34.5. The number of nitrogens with one attached hydrogen (secondary N) is 3. The smallest absolute Gasteiger partial charge is 0.331 e. The zero-order valence-corrected chi connectivity index (χ0v) is 82.0. The van der Waals surface area contributed by atoms with Crippen LogP contribution in [0.2, 0.25) is 0 Å². The van der Waals surface area contributed by atoms with Crippen molar-refractivity contribution in [2.24, 2.45) is 29.6 Å². The van der Waals surface area contributed by atoms with Crippen LogP contribution in [0.5, 0.6) is 0 Å². The van der Waals surface area contributed by atoms with Crippen LogP contribution in [0, 0.1) is 29.6 Å². The van der Waals surface area contributed by atoms with Gasteiger partial charge in [0, 0.05) is 31.4 Å². The van der Waals surface area contributed by atoms with E-state index < -0.39 is 89.4 Å². The second kappa shape index (κ2) is 67.1. The average molecular weight is 1980 g/mol. The Bertz CT molecular complexity index is 5580. The average Bonchev–Trinajstić information content (AvgIpc) is 1.63. The molecule has 5 amide bonds. The van der Waals surface area contributed by atoms with Crippen molar-refractivity contribution in [3.8, 4) is 0 Å². The molecule has 145 heavy (non-hydrogen) atoms. The second-order valence-corrected chi connectivity index (χ2v) is 34.5. The Kier molecular flexibility index (Phi) is 53.2. The molecule has 11 aromatic carbocycles. The highest BCUT2D eigenvalue weighted by molar-refractivity contribution is 5.95. The molecule has 2 fully saturated rings. The number of carboxylic acid groups (broad SMARTS) is 3. The molecule has 0 saturated heterocycles. The molecule has 0 heterocycles. The number of aliphatic carboxylic acids is 3. The highest BCUT2D eigenvalue weighted by Gasteiger charge is 2.35. The quantitative estimate of drug-likeness (QED) is 0.00272. The molecule has 29 nitrogen and oxygen atoms in total. The summed E-state index contributed by atoms with van der Waals surface area (Å²) in [6.07, 6.45) is 11.5. The zero-order valence-electron chi connectivity index (χ0n) is 82.0. The van der Waals surface area contributed by atoms with Crippen LogP contribution in [0.3, 0.4) is 0 Å². The maximum atomic E-state index is 13.7. The van der Waals surface area contributed by atoms with Crippen molar-refractivity contribution in [1.29, 1.82) is 0 Å². The van der Waals surface area contributed by atoms with Crippen LogP contribution in [0.1, 0.15) is 126 Å². The van der Waals surface area contributed by atoms with Gasteiger partial charge in [0.15, 0.2) is 5.92 Å². The number of nitrogens with zero attached hydrogens (tertiary/aromatic N) is 3. The minimum Gasteiger partial charge on any atom is -0.481 e. The Morgan fingerprint density at radius 1 is 0.345 bits per heavy atom. The van der Waals surface area contributed by atoms with E-state index in [2.05, 4.69) is 22.7 Å². The summed E-state index contributed by atoms with van der Waals surface area (Å²) in [5, 5.41) is 45.3. The van der Waals surface area contributed by atoms with Gasteiger partial charge >= 0.3 is 41.8 Å². The Hall–Kier alpha value is -15.4. The lowest BCUT2D eigenvalue weighted by Gasteiger charge is -2.26. The minimum atomic E-state index is -0.955. The van der Waals surface area contributed by atoms with Crippen molar-refractivity contribution >= 4 is 72.8 Å². The van der Waals surface area contributed by atoms with E-state index in [1.54, 1.807) is 13.8 Å². The number of esters is 4. The van der Waals surface area contributed by atoms with Gasteiger partial charge in [0.1, 0.15) is 37.5 Å². The Morgan fingerprint density at radius 2 is 0.621 bits per heavy atom. The molecule has 2 saturated carbocycles. The molecule has 4 unspecified atom stereocenters. The van der Waals surface area contributed by atoms with Crippen molar-refractivity contribution in [3.63, 3.8) is 0 Å². The molecule has 764 valence electrons. The van der Waals surface area contributed by atoms with E-state index in [9.17, 15) is 73.0 Å². The summed E-state index contributed by atoms with van der Waals surface area (Å²) in [5.41, 5.74) is 13.3. The summed E-state index contributed by atoms with van der Waals surface area (Å²) in [6, 6.07) is 103. The van der Waals surface area contributed by atoms with Gasteiger partial charge in [-0.15, -0.1) is 0 Å². The molecule has 29 heteroatoms. The first kappa shape index (κ1) is 115. The number of carbonyl (C=O) groups is 12. The van der Waals surface area contributed by atoms with E-state index in [1.807, 2.05) is 334 Å². The molecule has 11 aromatic rings. The zero-order chi connectivity index (χ0) is 104. The normalized spacial score (nSPS) is 13.0. The lowest BCUT2D eigenvalue weighted by molar-refractivity contribution is -0.184. The molecule has 13 rings (SSSR count). The molecule has 2 aliphatic rings. The minimum absolute atomic E-state index is 0.000557. The number of ether oxygens (including phenoxy) is 4. The molecule has 0 aliphatic heterocycles. The maximum absolute atomic E-state index is 13.7. The predicted octanol–water partition coefficient (Wildman–Crippen LogP) is 16.6. The van der Waals surface area contributed by atoms with Crippen LogP contribution in [0.15, 0.2) is 346 Å². The van der Waals surface area contributed by atoms with Crippen LogP contribution in [0.4, 0.5) is 0 Å². The molecule has 2 aliphatic carbocycles. The van der Waals surface area contributed by atoms with Gasteiger partial charge in [-0.3, -0.25) is 62.9 Å². The number of amides is 5. The van der Waals surface area contributed by atoms with Gasteiger partial charge in [0.05, 0.1) is 63.1 Å². The summed E-state index contributed by atoms with van der Waals surface area (Å²) in [7, 11) is 0. The van der Waals surface area contributed by atoms with Crippen LogP contribution in [-0.4, -0.2) is 172 Å². The summed E-state index contributed by atoms with van der Waals surface area (Å²) < 4.78 is 21.3. The van der Waals surface area contributed by atoms with Gasteiger partial charge < -0.3 is 44.9 Å². The van der Waals surface area contributed by atoms with Crippen molar-refractivity contribution in [1.82, 2.24) is 31.3 Å². The molecule has 0 aromatic heterocycles. The summed E-state index contributed by atoms with van der Waals surface area (Å²) in [4.78, 5) is 160. The van der Waals surface area contributed by atoms with Crippen molar-refractivity contribution < 1.29 is 112 Å². The number of carbonyl (C=O) groups excluding carboxylic acids is 9. The third-order valence-electron chi connectivity index (χ3n) is 23.2. The van der Waals surface area contributed by atoms with Gasteiger partial charge in [-0.2, -0.15) is 0 Å². The monoisotopic (exact) mass is 1980 g/mol. The SMILES string of the molecule is C=C(Cc1ccccc1)C(=O)O.CCOC(=O)C(Cc1ccccc1)C(=O)OCC.O=C(O)C(CNOCc1ccccc1)Cc1ccccc1.O=CN(CC(Cc1ccccc1)C(=O)N[C@@H](Cc1ccccc1)C(=O)OC1CCCC1)OCc1ccccc1.O=CN(CC(Cc1ccccc1)C(=O)O)OCc1ccccc1.O=CN(O)CC(Cc1ccccc1)C(=O)N[C@@H](Cc1ccccc1)C(=O)OC1CCCC1. The van der Waals surface area contributed by atoms with Gasteiger partial charge in [-0.05, 0) is 159 Å². The van der Waals surface area contributed by atoms with Gasteiger partial charge in [-0.1, -0.05) is 340 Å². The van der Waals surface area contributed by atoms with Gasteiger partial charge in [0.2, 0.25) is 31.0 Å². The summed E-state index contributed by atoms with van der Waals surface area (Å²) in [6.45, 7) is 8.34. The number of rotatable bonds is 51. The third kappa shape index (κ3) is 46.0. The highest BCUT2D eigenvalue weighted by atomic mass is 16.7. The van der Waals surface area contributed by atoms with Crippen molar-refractivity contribution in [3.05, 3.63) is 407 Å². The summed E-state index contributed by atoms with van der Waals surface area (Å²) in [5.74, 6) is -8.90. The fourth-order valence-corrected chi connectivity index (χ4v) is 15.5. The molecule has 6 atom stereocenters. The lowest BCUT2D eigenvalue weighted by atomic mass is 9.97. The Labute approximate surface area is 847 Å². The van der Waals surface area contributed by atoms with Gasteiger partial charge in [0.25, 0.3) is 0 Å². The molecule has 0 spiro atoms. The lowest BCUT2D eigenvalue weighted by Crippen LogP contribution is -2.48. The van der Waals surface area contributed by atoms with Crippen LogP contribution in [0.25, 0.3) is 0 Å². The van der Waals surface area contributed by atoms with Crippen LogP contribution < -0.4 is 16.1 Å². The number of carboxylic acids is 3. The molecular formula is C116H132N6O23. The number of hydrogen-bond acceptors (Lipinski definition) is 21. The van der Waals surface area contributed by atoms with Crippen LogP contribution in [-0.2, 0) is 162 Å². The topological polar surface area (TPSA) is 396 Å². The summed E-state index contributed by atoms with van der Waals surface area (Å²) >= 11 is 0. The fraction of sp³-hybridized carbons (Fsp3) is 0.310. The van der Waals surface area contributed by atoms with Crippen LogP contribution >= 0.6 is 0 Å². The molecule has 0 bridgehead atoms. The Morgan fingerprint density at radius 3 is 0.924 bits per heavy atom. The van der Waals surface area contributed by atoms with Gasteiger partial charge in [-0.25, -0.2) is 35.1 Å². The van der Waals surface area contributed by atoms with E-state index >= 15 is 0 Å². The van der Waals surface area contributed by atoms with Crippen molar-refractivity contribution in [2.45, 2.75) is 161 Å². The first-order chi connectivity index (χ1) is 70.5. The van der Waals surface area contributed by atoms with E-state index in [0.717, 1.165) is 123 Å². The molecule has 0 radical (unpaired) electrons. The molecular weight excluding hydrogens is 1850 g/mol. The van der Waals surface area contributed by atoms with E-state index in [4.69, 9.17) is 38.6 Å². The van der Waals surface area contributed by atoms with Crippen molar-refractivity contribution in [2.75, 3.05) is 39.4 Å². The fourth-order valence-electron chi connectivity index (χ4n) is 15.5. The van der Waals surface area contributed by atoms with E-state index in [1.165, 1.54) is 0 Å². The number of benzene rings is 11. The standard InChI is InChI=1S/C32H36N2O5.C25H30N2O5.C18H19NO4.C17H19NO3.C14H18O4.C10H10O2/c35-24-34(38-23-27-16-8-3-9-17-27)22-28(20-25-12-4-1-5-13-25)31(36)33-30(21-26-14-6-2-7-15-26)32(37)39-29-18-10-11-19-29;28-18-27(31)17-21(15-19-9-3-1-4-10-19)24(29)26-23(16-20-11-5-2-6-12-20)25(30)32-22-13-7-8-14-22;20-14-19(23-13-16-9-5-2-6-10-16)12-17(18(21)22)11-15-7-3-1-4-8-15;19-17(20)16(11-14-7-3-1-4-8-14)12-18-21-13-15-9-5-2-6-10-15;1-3-17-13(15)12(14(16)18-4-2)10-11-8-6-5-7-9-11;1-8(10(11)12)7-9-5-3-2-4-6-9/h1-9,12-17,24,28-30H,10-11,18-23H2,(H,33,36);1-6,9-12,18,21-23,31H,7-8,13-17H2,(H,26,29);1-10,14,17H,11-13H2,(H,21,22);1-10,16,18H,11-13H2,(H,19,20);5-9,12H,3-4,10H2,1-2H3;2-6H,1,7H2,(H,11,12)/t28?,30-;21?,23-;;;;/m00..../s1. The predicted molar refractivity (Wildman–Crippen MR) is 546 cm³/mol. The number of hydrogen-bond donors (Lipinski definition) is 7. The third-order valence-corrected chi connectivity index (χ3v) is 23.2. The number of hydroxylamine groups is 7. The van der Waals surface area contributed by atoms with E-state index in [0.29, 0.717) is 75.9 Å². The Balaban J connectivity index is 0.000000220. The largest absolute Gasteiger partial charge is 0.481 e. The first-order valence-corrected chi connectivity index (χ1v) is 48.6. The maximum Gasteiger partial charge on any atom is 0.331 e. The highest BCUT2D eigenvalue weighted by Crippen LogP contribution is 2.26. The van der Waals surface area contributed by atoms with E-state index in [-0.39, 0.29) is 82.7 Å². The molecule has 7 N–H and O–H groups in total. The first-order valence-electron chi connectivity index (χ1n) is 48.6.